The van der Waals surface area contributed by atoms with Crippen LogP contribution in [0.4, 0.5) is 10.1 Å². The quantitative estimate of drug-likeness (QED) is 0.0690. The van der Waals surface area contributed by atoms with Gasteiger partial charge in [-0.15, -0.1) is 11.8 Å². The molecule has 10 heteroatoms. The second kappa shape index (κ2) is 18.3. The Labute approximate surface area is 365 Å². The highest BCUT2D eigenvalue weighted by atomic mass is 32.2. The number of nitrogens with zero attached hydrogens (tertiary/aromatic N) is 4. The molecule has 2 aliphatic heterocycles. The minimum absolute atomic E-state index is 0.0277. The summed E-state index contributed by atoms with van der Waals surface area (Å²) in [4.78, 5) is 24.0. The Morgan fingerprint density at radius 3 is 2.03 bits per heavy atom. The van der Waals surface area contributed by atoms with E-state index in [1.165, 1.54) is 22.8 Å². The highest BCUT2D eigenvalue weighted by molar-refractivity contribution is 8.00. The van der Waals surface area contributed by atoms with Gasteiger partial charge in [-0.05, 0) is 77.6 Å². The zero-order chi connectivity index (χ0) is 41.6. The van der Waals surface area contributed by atoms with Crippen molar-refractivity contribution in [2.75, 3.05) is 31.1 Å². The number of carbonyl (C=O) groups excluding carboxylic acids is 1. The van der Waals surface area contributed by atoms with Crippen LogP contribution in [0, 0.1) is 5.82 Å². The number of anilines is 1. The third-order valence-electron chi connectivity index (χ3n) is 11.5. The number of carbonyl (C=O) groups is 1. The van der Waals surface area contributed by atoms with Crippen molar-refractivity contribution in [2.24, 2.45) is 0 Å². The number of rotatable bonds is 12. The summed E-state index contributed by atoms with van der Waals surface area (Å²) in [6, 6.07) is 56.3. The monoisotopic (exact) mass is 844 g/mol. The van der Waals surface area contributed by atoms with Gasteiger partial charge in [-0.25, -0.2) is 9.37 Å². The number of thioether (sulfide) groups is 1. The van der Waals surface area contributed by atoms with Crippen LogP contribution in [0.1, 0.15) is 58.8 Å². The van der Waals surface area contributed by atoms with E-state index in [1.54, 1.807) is 23.9 Å². The zero-order valence-electron chi connectivity index (χ0n) is 33.6. The van der Waals surface area contributed by atoms with Crippen LogP contribution in [0.3, 0.4) is 0 Å². The second-order valence-corrected chi connectivity index (χ2v) is 17.0. The molecule has 61 heavy (non-hydrogen) atoms. The maximum Gasteiger partial charge on any atom is 0.358 e. The molecular formula is C51H45FN4O3S2. The molecule has 0 bridgehead atoms. The van der Waals surface area contributed by atoms with E-state index >= 15 is 0 Å². The summed E-state index contributed by atoms with van der Waals surface area (Å²) in [5.74, 6) is 1.11. The predicted molar refractivity (Wildman–Crippen MR) is 243 cm³/mol. The first kappa shape index (κ1) is 40.3. The van der Waals surface area contributed by atoms with Crippen LogP contribution < -0.4 is 9.64 Å². The van der Waals surface area contributed by atoms with E-state index in [2.05, 4.69) is 119 Å². The zero-order valence-corrected chi connectivity index (χ0v) is 35.2. The molecule has 2 unspecified atom stereocenters. The van der Waals surface area contributed by atoms with E-state index in [1.807, 2.05) is 53.6 Å². The van der Waals surface area contributed by atoms with Gasteiger partial charge < -0.3 is 18.9 Å². The molecular weight excluding hydrogens is 800 g/mol. The SMILES string of the molecule is O=C1CN(CCc2cnc3n2C(c2cccc(F)c2)CCC3OC(=S)Oc2ccccc2)CCN1c1cccc(SC(c2ccccc2)(c2ccccc2)c2ccccc2)c1. The minimum Gasteiger partial charge on any atom is -0.445 e. The van der Waals surface area contributed by atoms with Gasteiger partial charge in [0.25, 0.3) is 0 Å². The van der Waals surface area contributed by atoms with Crippen molar-refractivity contribution in [2.45, 2.75) is 41.1 Å². The van der Waals surface area contributed by atoms with Crippen molar-refractivity contribution < 1.29 is 18.7 Å². The maximum atomic E-state index is 14.5. The lowest BCUT2D eigenvalue weighted by Gasteiger charge is -2.36. The molecule has 1 saturated heterocycles. The lowest BCUT2D eigenvalue weighted by molar-refractivity contribution is -0.121. The molecule has 2 aliphatic rings. The van der Waals surface area contributed by atoms with Crippen LogP contribution in [0.25, 0.3) is 0 Å². The average molecular weight is 845 g/mol. The summed E-state index contributed by atoms with van der Waals surface area (Å²) >= 11 is 7.30. The van der Waals surface area contributed by atoms with Crippen LogP contribution >= 0.6 is 24.0 Å². The van der Waals surface area contributed by atoms with Gasteiger partial charge in [0, 0.05) is 60.7 Å². The molecule has 1 amide bonds. The topological polar surface area (TPSA) is 59.8 Å². The Morgan fingerprint density at radius 1 is 0.754 bits per heavy atom. The summed E-state index contributed by atoms with van der Waals surface area (Å²) in [5.41, 5.74) is 6.29. The van der Waals surface area contributed by atoms with Crippen LogP contribution in [0.2, 0.25) is 0 Å². The van der Waals surface area contributed by atoms with E-state index in [-0.39, 0.29) is 23.0 Å². The molecule has 0 saturated carbocycles. The Bertz CT molecular complexity index is 2500. The molecule has 0 spiro atoms. The van der Waals surface area contributed by atoms with Crippen molar-refractivity contribution >= 4 is 40.8 Å². The van der Waals surface area contributed by atoms with Gasteiger partial charge in [0.05, 0.1) is 17.3 Å². The van der Waals surface area contributed by atoms with Gasteiger partial charge in [0.15, 0.2) is 11.9 Å². The van der Waals surface area contributed by atoms with Crippen molar-refractivity contribution in [3.63, 3.8) is 0 Å². The second-order valence-electron chi connectivity index (χ2n) is 15.3. The van der Waals surface area contributed by atoms with Gasteiger partial charge in [-0.3, -0.25) is 9.69 Å². The third kappa shape index (κ3) is 8.75. The molecule has 1 fully saturated rings. The summed E-state index contributed by atoms with van der Waals surface area (Å²) in [6.07, 6.45) is 3.45. The normalized spacial score (nSPS) is 16.8. The van der Waals surface area contributed by atoms with Gasteiger partial charge >= 0.3 is 5.24 Å². The summed E-state index contributed by atoms with van der Waals surface area (Å²) in [6.45, 7) is 2.24. The van der Waals surface area contributed by atoms with E-state index in [4.69, 9.17) is 26.7 Å². The fraction of sp³-hybridized carbons (Fsp3) is 0.196. The molecule has 6 aromatic carbocycles. The molecule has 0 aliphatic carbocycles. The van der Waals surface area contributed by atoms with E-state index in [0.29, 0.717) is 44.6 Å². The first-order valence-electron chi connectivity index (χ1n) is 20.7. The Kier molecular flexibility index (Phi) is 12.1. The van der Waals surface area contributed by atoms with Crippen molar-refractivity contribution in [3.8, 4) is 5.75 Å². The predicted octanol–water partition coefficient (Wildman–Crippen LogP) is 10.8. The van der Waals surface area contributed by atoms with Crippen LogP contribution in [0.15, 0.2) is 181 Å². The van der Waals surface area contributed by atoms with E-state index in [9.17, 15) is 9.18 Å². The summed E-state index contributed by atoms with van der Waals surface area (Å²) < 4.78 is 28.2. The molecule has 1 aromatic heterocycles. The first-order chi connectivity index (χ1) is 29.9. The molecule has 3 heterocycles. The number of para-hydroxylation sites is 1. The number of halogens is 1. The summed E-state index contributed by atoms with van der Waals surface area (Å²) in [7, 11) is 0. The number of thiocarbonyl (C=S) groups is 1. The molecule has 7 nitrogen and oxygen atoms in total. The van der Waals surface area contributed by atoms with E-state index in [0.717, 1.165) is 34.2 Å². The first-order valence-corrected chi connectivity index (χ1v) is 21.9. The van der Waals surface area contributed by atoms with Gasteiger partial charge in [0.2, 0.25) is 5.91 Å². The fourth-order valence-electron chi connectivity index (χ4n) is 8.67. The highest BCUT2D eigenvalue weighted by Gasteiger charge is 2.38. The third-order valence-corrected chi connectivity index (χ3v) is 13.2. The Morgan fingerprint density at radius 2 is 1.39 bits per heavy atom. The van der Waals surface area contributed by atoms with Crippen LogP contribution in [-0.4, -0.2) is 51.8 Å². The molecule has 0 radical (unpaired) electrons. The summed E-state index contributed by atoms with van der Waals surface area (Å²) in [5, 5.41) is 0.0277. The van der Waals surface area contributed by atoms with Crippen molar-refractivity contribution in [1.82, 2.24) is 14.5 Å². The lowest BCUT2D eigenvalue weighted by atomic mass is 9.84. The van der Waals surface area contributed by atoms with Crippen LogP contribution in [0.5, 0.6) is 5.75 Å². The van der Waals surface area contributed by atoms with Gasteiger partial charge in [-0.2, -0.15) is 0 Å². The maximum absolute atomic E-state index is 14.5. The number of amides is 1. The standard InChI is InChI=1S/C51H45FN4O3S2/c52-41-22-13-15-37(33-41)46-27-28-47(59-50(60)58-44-24-11-4-12-25-44)49-53-35-43(56(46)49)29-30-54-31-32-55(48(57)36-54)42-23-14-26-45(34-42)61-51(38-16-5-1-6-17-38,39-18-7-2-8-19-39)40-20-9-3-10-21-40/h1-26,33-35,46-47H,27-32,36H2. The number of imidazole rings is 1. The number of benzene rings is 6. The lowest BCUT2D eigenvalue weighted by Crippen LogP contribution is -2.51. The number of piperazine rings is 1. The average Bonchev–Trinajstić information content (AvgIpc) is 3.73. The van der Waals surface area contributed by atoms with Gasteiger partial charge in [-0.1, -0.05) is 127 Å². The minimum atomic E-state index is -0.528. The largest absolute Gasteiger partial charge is 0.445 e. The molecule has 9 rings (SSSR count). The smallest absolute Gasteiger partial charge is 0.358 e. The van der Waals surface area contributed by atoms with Crippen molar-refractivity contribution in [3.05, 3.63) is 216 Å². The number of hydrogen-bond acceptors (Lipinski definition) is 7. The molecule has 0 N–H and O–H groups in total. The van der Waals surface area contributed by atoms with E-state index < -0.39 is 10.9 Å². The fourth-order valence-corrected chi connectivity index (χ4v) is 10.3. The van der Waals surface area contributed by atoms with Crippen LogP contribution in [-0.2, 0) is 20.7 Å². The Hall–Kier alpha value is -6.07. The van der Waals surface area contributed by atoms with Crippen molar-refractivity contribution in [1.29, 1.82) is 0 Å². The van der Waals surface area contributed by atoms with Gasteiger partial charge in [0.1, 0.15) is 11.6 Å². The number of fused-ring (bicyclic) bond motifs is 1. The Balaban J connectivity index is 0.918. The highest BCUT2D eigenvalue weighted by Crippen LogP contribution is 2.52. The molecule has 2 atom stereocenters. The number of aromatic nitrogens is 2. The molecule has 7 aromatic rings. The number of ether oxygens (including phenoxy) is 2. The number of hydrogen-bond donors (Lipinski definition) is 0. The molecule has 306 valence electrons.